The Morgan fingerprint density at radius 3 is 1.69 bits per heavy atom. The second kappa shape index (κ2) is 2.37. The third kappa shape index (κ3) is 0.687. The van der Waals surface area contributed by atoms with E-state index in [0.717, 1.165) is 23.7 Å². The van der Waals surface area contributed by atoms with E-state index in [1.807, 2.05) is 0 Å². The molecular formula is C15H16O. The molecule has 0 radical (unpaired) electrons. The van der Waals surface area contributed by atoms with Gasteiger partial charge in [0, 0.05) is 11.8 Å². The molecule has 5 rings (SSSR count). The van der Waals surface area contributed by atoms with Crippen LogP contribution in [0.3, 0.4) is 0 Å². The van der Waals surface area contributed by atoms with Crippen molar-refractivity contribution in [2.24, 2.45) is 47.3 Å². The first kappa shape index (κ1) is 8.27. The normalized spacial score (nSPS) is 63.4. The first-order chi connectivity index (χ1) is 7.84. The minimum Gasteiger partial charge on any atom is -0.299 e. The molecule has 3 saturated carbocycles. The van der Waals surface area contributed by atoms with Gasteiger partial charge in [0.1, 0.15) is 5.78 Å². The lowest BCUT2D eigenvalue weighted by atomic mass is 9.75. The van der Waals surface area contributed by atoms with E-state index in [2.05, 4.69) is 24.3 Å². The molecular weight excluding hydrogens is 196 g/mol. The van der Waals surface area contributed by atoms with Crippen molar-refractivity contribution >= 4 is 5.78 Å². The number of carbonyl (C=O) groups is 1. The minimum atomic E-state index is 0.426. The van der Waals surface area contributed by atoms with Crippen LogP contribution in [0.1, 0.15) is 12.8 Å². The van der Waals surface area contributed by atoms with Crippen molar-refractivity contribution in [2.75, 3.05) is 0 Å². The molecule has 1 nitrogen and oxygen atoms in total. The highest BCUT2D eigenvalue weighted by atomic mass is 16.1. The van der Waals surface area contributed by atoms with E-state index in [9.17, 15) is 4.79 Å². The zero-order valence-electron chi connectivity index (χ0n) is 9.25. The molecule has 5 aliphatic carbocycles. The summed E-state index contributed by atoms with van der Waals surface area (Å²) in [5.74, 6) is 5.69. The number of ketones is 1. The highest BCUT2D eigenvalue weighted by Crippen LogP contribution is 2.66. The molecule has 3 fully saturated rings. The molecule has 1 heteroatoms. The van der Waals surface area contributed by atoms with Crippen LogP contribution in [0.5, 0.6) is 0 Å². The highest BCUT2D eigenvalue weighted by Gasteiger charge is 2.65. The maximum atomic E-state index is 12.6. The lowest BCUT2D eigenvalue weighted by Crippen LogP contribution is -2.24. The predicted octanol–water partition coefficient (Wildman–Crippen LogP) is 2.45. The van der Waals surface area contributed by atoms with Gasteiger partial charge in [0.25, 0.3) is 0 Å². The van der Waals surface area contributed by atoms with Gasteiger partial charge in [-0.25, -0.2) is 0 Å². The number of hydrogen-bond donors (Lipinski definition) is 0. The van der Waals surface area contributed by atoms with Gasteiger partial charge in [-0.05, 0) is 48.3 Å². The second-order valence-electron chi connectivity index (χ2n) is 6.51. The Labute approximate surface area is 95.6 Å². The average molecular weight is 212 g/mol. The molecule has 0 spiro atoms. The highest BCUT2D eigenvalue weighted by molar-refractivity contribution is 5.89. The van der Waals surface area contributed by atoms with Crippen LogP contribution in [-0.2, 0) is 4.79 Å². The summed E-state index contributed by atoms with van der Waals surface area (Å²) in [4.78, 5) is 12.6. The van der Waals surface area contributed by atoms with Gasteiger partial charge in [-0.15, -0.1) is 0 Å². The lowest BCUT2D eigenvalue weighted by molar-refractivity contribution is -0.125. The summed E-state index contributed by atoms with van der Waals surface area (Å²) in [5.41, 5.74) is 0. The molecule has 0 unspecified atom stereocenters. The summed E-state index contributed by atoms with van der Waals surface area (Å²) < 4.78 is 0. The molecule has 0 amide bonds. The topological polar surface area (TPSA) is 17.1 Å². The molecule has 0 saturated heterocycles. The number of carbonyl (C=O) groups excluding carboxylic acids is 1. The first-order valence-corrected chi connectivity index (χ1v) is 6.75. The van der Waals surface area contributed by atoms with Gasteiger partial charge in [-0.3, -0.25) is 4.79 Å². The Morgan fingerprint density at radius 2 is 1.19 bits per heavy atom. The number of allylic oxidation sites excluding steroid dienone is 4. The maximum absolute atomic E-state index is 12.6. The molecule has 5 aliphatic rings. The van der Waals surface area contributed by atoms with E-state index in [-0.39, 0.29) is 0 Å². The quantitative estimate of drug-likeness (QED) is 0.564. The fourth-order valence-corrected chi connectivity index (χ4v) is 5.79. The van der Waals surface area contributed by atoms with Crippen LogP contribution < -0.4 is 0 Å². The summed E-state index contributed by atoms with van der Waals surface area (Å²) in [6, 6.07) is 0. The van der Waals surface area contributed by atoms with Crippen LogP contribution in [0.2, 0.25) is 0 Å². The number of hydrogen-bond acceptors (Lipinski definition) is 1. The Balaban J connectivity index is 1.67. The van der Waals surface area contributed by atoms with E-state index >= 15 is 0 Å². The van der Waals surface area contributed by atoms with Crippen molar-refractivity contribution in [3.8, 4) is 0 Å². The van der Waals surface area contributed by atoms with Gasteiger partial charge in [0.05, 0.1) is 0 Å². The molecule has 16 heavy (non-hydrogen) atoms. The van der Waals surface area contributed by atoms with Crippen LogP contribution in [-0.4, -0.2) is 5.78 Å². The van der Waals surface area contributed by atoms with Crippen LogP contribution >= 0.6 is 0 Å². The maximum Gasteiger partial charge on any atom is 0.140 e. The standard InChI is InChI=1S/C15H16O/c16-15-13-9-3-1-7(5-9)11(13)12-8-2-4-10(6-8)14(12)15/h1-4,7-14H,5-6H2/t7-,8+,9+,10-,11-,12-,13-,14-/m0/s1. The van der Waals surface area contributed by atoms with Crippen molar-refractivity contribution in [1.29, 1.82) is 0 Å². The Kier molecular flexibility index (Phi) is 1.22. The van der Waals surface area contributed by atoms with Crippen molar-refractivity contribution in [1.82, 2.24) is 0 Å². The number of rotatable bonds is 0. The van der Waals surface area contributed by atoms with Gasteiger partial charge in [0.15, 0.2) is 0 Å². The van der Waals surface area contributed by atoms with Crippen LogP contribution in [0.25, 0.3) is 0 Å². The Hall–Kier alpha value is -0.850. The lowest BCUT2D eigenvalue weighted by Gasteiger charge is -2.28. The van der Waals surface area contributed by atoms with E-state index in [0.29, 0.717) is 29.5 Å². The number of Topliss-reactive ketones (excluding diaryl/α,β-unsaturated/α-hetero) is 1. The zero-order valence-corrected chi connectivity index (χ0v) is 9.25. The Morgan fingerprint density at radius 1 is 0.750 bits per heavy atom. The SMILES string of the molecule is O=C1[C@@H]2[C@H]([C@H]3[C@@H]1[C@H]1C=C[C@@H]3C1)[C@H]1C=C[C@@H]2C1. The predicted molar refractivity (Wildman–Crippen MR) is 60.4 cm³/mol. The monoisotopic (exact) mass is 212 g/mol. The van der Waals surface area contributed by atoms with Gasteiger partial charge >= 0.3 is 0 Å². The third-order valence-corrected chi connectivity index (χ3v) is 6.14. The van der Waals surface area contributed by atoms with E-state index < -0.39 is 0 Å². The second-order valence-corrected chi connectivity index (χ2v) is 6.51. The molecule has 0 aromatic rings. The van der Waals surface area contributed by atoms with Crippen LogP contribution in [0.15, 0.2) is 24.3 Å². The molecule has 82 valence electrons. The number of fused-ring (bicyclic) bond motifs is 11. The average Bonchev–Trinajstić information content (AvgIpc) is 2.98. The van der Waals surface area contributed by atoms with Crippen molar-refractivity contribution < 1.29 is 4.79 Å². The zero-order chi connectivity index (χ0) is 10.4. The molecule has 0 heterocycles. The molecule has 8 atom stereocenters. The van der Waals surface area contributed by atoms with E-state index in [4.69, 9.17) is 0 Å². The van der Waals surface area contributed by atoms with Crippen molar-refractivity contribution in [2.45, 2.75) is 12.8 Å². The van der Waals surface area contributed by atoms with Crippen molar-refractivity contribution in [3.05, 3.63) is 24.3 Å². The third-order valence-electron chi connectivity index (χ3n) is 6.14. The van der Waals surface area contributed by atoms with Gasteiger partial charge in [-0.1, -0.05) is 24.3 Å². The molecule has 0 aromatic carbocycles. The van der Waals surface area contributed by atoms with Gasteiger partial charge in [-0.2, -0.15) is 0 Å². The Bertz CT molecular complexity index is 406. The molecule has 0 N–H and O–H groups in total. The van der Waals surface area contributed by atoms with Crippen LogP contribution in [0.4, 0.5) is 0 Å². The summed E-state index contributed by atoms with van der Waals surface area (Å²) in [5, 5.41) is 0. The van der Waals surface area contributed by atoms with E-state index in [1.54, 1.807) is 0 Å². The summed E-state index contributed by atoms with van der Waals surface area (Å²) >= 11 is 0. The summed E-state index contributed by atoms with van der Waals surface area (Å²) in [7, 11) is 0. The summed E-state index contributed by atoms with van der Waals surface area (Å²) in [6.07, 6.45) is 12.1. The van der Waals surface area contributed by atoms with Gasteiger partial charge in [0.2, 0.25) is 0 Å². The molecule has 0 aromatic heterocycles. The largest absolute Gasteiger partial charge is 0.299 e. The fourth-order valence-electron chi connectivity index (χ4n) is 5.79. The minimum absolute atomic E-state index is 0.426. The molecule has 0 aliphatic heterocycles. The van der Waals surface area contributed by atoms with Crippen molar-refractivity contribution in [3.63, 3.8) is 0 Å². The molecule has 4 bridgehead atoms. The smallest absolute Gasteiger partial charge is 0.140 e. The first-order valence-electron chi connectivity index (χ1n) is 6.75. The summed E-state index contributed by atoms with van der Waals surface area (Å²) in [6.45, 7) is 0. The van der Waals surface area contributed by atoms with Crippen LogP contribution in [0, 0.1) is 47.3 Å². The fraction of sp³-hybridized carbons (Fsp3) is 0.667. The van der Waals surface area contributed by atoms with E-state index in [1.165, 1.54) is 12.8 Å². The van der Waals surface area contributed by atoms with Gasteiger partial charge < -0.3 is 0 Å².